The van der Waals surface area contributed by atoms with Crippen LogP contribution in [0.4, 0.5) is 0 Å². The number of carbonyl (C=O) groups is 1. The van der Waals surface area contributed by atoms with E-state index in [0.29, 0.717) is 17.9 Å². The summed E-state index contributed by atoms with van der Waals surface area (Å²) in [4.78, 5) is 12.7. The van der Waals surface area contributed by atoms with E-state index in [0.717, 1.165) is 23.0 Å². The second kappa shape index (κ2) is 9.47. The van der Waals surface area contributed by atoms with E-state index in [4.69, 9.17) is 0 Å². The van der Waals surface area contributed by atoms with Gasteiger partial charge in [0, 0.05) is 12.0 Å². The van der Waals surface area contributed by atoms with Crippen molar-refractivity contribution in [3.8, 4) is 0 Å². The van der Waals surface area contributed by atoms with Crippen molar-refractivity contribution in [3.63, 3.8) is 0 Å². The van der Waals surface area contributed by atoms with Crippen LogP contribution >= 0.6 is 0 Å². The van der Waals surface area contributed by atoms with Crippen LogP contribution in [0, 0.1) is 11.8 Å². The number of rotatable bonds is 7. The molecule has 4 heteroatoms. The molecule has 30 heavy (non-hydrogen) atoms. The molecule has 162 valence electrons. The van der Waals surface area contributed by atoms with Gasteiger partial charge in [-0.1, -0.05) is 62.4 Å². The summed E-state index contributed by atoms with van der Waals surface area (Å²) in [6.07, 6.45) is 4.19. The summed E-state index contributed by atoms with van der Waals surface area (Å²) in [5.41, 5.74) is 3.76. The third-order valence-corrected chi connectivity index (χ3v) is 8.53. The molecule has 0 aromatic heterocycles. The Morgan fingerprint density at radius 3 is 1.93 bits per heavy atom. The fourth-order valence-electron chi connectivity index (χ4n) is 4.60. The minimum absolute atomic E-state index is 0.0129. The summed E-state index contributed by atoms with van der Waals surface area (Å²) in [7, 11) is -3.14. The molecule has 0 amide bonds. The maximum atomic E-state index is 12.7. The van der Waals surface area contributed by atoms with Crippen molar-refractivity contribution in [2.45, 2.75) is 70.3 Å². The van der Waals surface area contributed by atoms with Crippen LogP contribution in [0.1, 0.15) is 79.9 Å². The molecule has 3 rings (SSSR count). The lowest BCUT2D eigenvalue weighted by Gasteiger charge is -2.31. The van der Waals surface area contributed by atoms with Gasteiger partial charge in [0.1, 0.15) is 0 Å². The normalized spacial score (nSPS) is 22.2. The molecule has 1 saturated carbocycles. The first-order valence-electron chi connectivity index (χ1n) is 11.1. The summed E-state index contributed by atoms with van der Waals surface area (Å²) in [5, 5.41) is -0.401. The molecule has 1 aliphatic carbocycles. The molecule has 0 aliphatic heterocycles. The van der Waals surface area contributed by atoms with Crippen molar-refractivity contribution in [1.29, 1.82) is 0 Å². The molecule has 2 unspecified atom stereocenters. The average molecular weight is 427 g/mol. The fourth-order valence-corrected chi connectivity index (χ4v) is 5.59. The molecule has 2 aromatic rings. The monoisotopic (exact) mass is 426 g/mol. The highest BCUT2D eigenvalue weighted by Crippen LogP contribution is 2.39. The lowest BCUT2D eigenvalue weighted by molar-refractivity contribution is 0.0993. The maximum Gasteiger partial charge on any atom is 0.167 e. The number of hydrogen-bond donors (Lipinski definition) is 0. The number of hydrogen-bond acceptors (Lipinski definition) is 3. The van der Waals surface area contributed by atoms with Gasteiger partial charge in [0.25, 0.3) is 0 Å². The van der Waals surface area contributed by atoms with Gasteiger partial charge in [-0.2, -0.15) is 0 Å². The van der Waals surface area contributed by atoms with Crippen molar-refractivity contribution in [3.05, 3.63) is 70.8 Å². The van der Waals surface area contributed by atoms with Crippen LogP contribution in [0.2, 0.25) is 0 Å². The highest BCUT2D eigenvalue weighted by molar-refractivity contribution is 7.91. The van der Waals surface area contributed by atoms with E-state index >= 15 is 0 Å². The van der Waals surface area contributed by atoms with Gasteiger partial charge in [-0.25, -0.2) is 8.42 Å². The molecule has 3 nitrogen and oxygen atoms in total. The first kappa shape index (κ1) is 22.7. The minimum Gasteiger partial charge on any atom is -0.294 e. The predicted octanol–water partition coefficient (Wildman–Crippen LogP) is 5.97. The zero-order valence-electron chi connectivity index (χ0n) is 18.6. The zero-order chi connectivity index (χ0) is 21.9. The van der Waals surface area contributed by atoms with E-state index in [1.165, 1.54) is 24.8 Å². The van der Waals surface area contributed by atoms with Crippen LogP contribution in [0.25, 0.3) is 0 Å². The molecule has 0 N–H and O–H groups in total. The maximum absolute atomic E-state index is 12.7. The lowest BCUT2D eigenvalue weighted by atomic mass is 9.74. The van der Waals surface area contributed by atoms with Gasteiger partial charge in [-0.15, -0.1) is 0 Å². The predicted molar refractivity (Wildman–Crippen MR) is 124 cm³/mol. The second-order valence-electron chi connectivity index (χ2n) is 9.51. The van der Waals surface area contributed by atoms with E-state index in [-0.39, 0.29) is 11.5 Å². The number of sulfone groups is 1. The van der Waals surface area contributed by atoms with Crippen molar-refractivity contribution in [2.24, 2.45) is 11.8 Å². The minimum atomic E-state index is -3.14. The summed E-state index contributed by atoms with van der Waals surface area (Å²) in [6, 6.07) is 15.5. The molecular formula is C26H34O3S. The first-order chi connectivity index (χ1) is 14.1. The van der Waals surface area contributed by atoms with Gasteiger partial charge in [0.15, 0.2) is 15.6 Å². The third kappa shape index (κ3) is 5.81. The van der Waals surface area contributed by atoms with Gasteiger partial charge >= 0.3 is 0 Å². The molecule has 0 saturated heterocycles. The molecular weight excluding hydrogens is 392 g/mol. The Balaban J connectivity index is 1.62. The van der Waals surface area contributed by atoms with Gasteiger partial charge in [0.05, 0.1) is 11.0 Å². The van der Waals surface area contributed by atoms with E-state index in [1.807, 2.05) is 0 Å². The molecule has 0 radical (unpaired) electrons. The highest BCUT2D eigenvalue weighted by Gasteiger charge is 2.25. The number of Topliss-reactive ketones (excluding diaryl/α,β-unsaturated/α-hetero) is 1. The summed E-state index contributed by atoms with van der Waals surface area (Å²) in [5.74, 6) is 2.25. The van der Waals surface area contributed by atoms with E-state index < -0.39 is 15.1 Å². The van der Waals surface area contributed by atoms with Crippen molar-refractivity contribution < 1.29 is 13.2 Å². The number of benzene rings is 2. The Labute approximate surface area is 181 Å². The Kier molecular flexibility index (Phi) is 7.18. The zero-order valence-corrected chi connectivity index (χ0v) is 19.4. The third-order valence-electron chi connectivity index (χ3n) is 6.36. The van der Waals surface area contributed by atoms with Crippen molar-refractivity contribution in [2.75, 3.05) is 0 Å². The van der Waals surface area contributed by atoms with E-state index in [9.17, 15) is 13.2 Å². The molecule has 0 bridgehead atoms. The van der Waals surface area contributed by atoms with Gasteiger partial charge < -0.3 is 0 Å². The molecule has 2 aromatic carbocycles. The topological polar surface area (TPSA) is 51.2 Å². The quantitative estimate of drug-likeness (QED) is 0.512. The lowest BCUT2D eigenvalue weighted by Crippen LogP contribution is -2.18. The van der Waals surface area contributed by atoms with Gasteiger partial charge in [-0.3, -0.25) is 4.79 Å². The SMILES string of the molecule is CC1CC(C)CC(c2ccc(CC(=O)c3ccc(CS(=O)(=O)C(C)C)cc3)cc2)C1. The first-order valence-corrected chi connectivity index (χ1v) is 12.8. The Bertz CT molecular complexity index is 946. The van der Waals surface area contributed by atoms with Crippen LogP contribution in [-0.2, 0) is 22.0 Å². The molecule has 1 aliphatic rings. The smallest absolute Gasteiger partial charge is 0.167 e. The number of carbonyl (C=O) groups excluding carboxylic acids is 1. The van der Waals surface area contributed by atoms with Crippen molar-refractivity contribution >= 4 is 15.6 Å². The summed E-state index contributed by atoms with van der Waals surface area (Å²) >= 11 is 0. The van der Waals surface area contributed by atoms with E-state index in [2.05, 4.69) is 38.1 Å². The molecule has 0 heterocycles. The standard InChI is InChI=1S/C26H34O3S/c1-18(2)30(28,29)17-22-7-11-24(12-8-22)26(27)16-21-5-9-23(10-6-21)25-14-19(3)13-20(4)15-25/h5-12,18-20,25H,13-17H2,1-4H3. The van der Waals surface area contributed by atoms with Gasteiger partial charge in [-0.05, 0) is 67.6 Å². The molecule has 0 spiro atoms. The molecule has 2 atom stereocenters. The highest BCUT2D eigenvalue weighted by atomic mass is 32.2. The summed E-state index contributed by atoms with van der Waals surface area (Å²) < 4.78 is 24.1. The van der Waals surface area contributed by atoms with Gasteiger partial charge in [0.2, 0.25) is 0 Å². The Morgan fingerprint density at radius 2 is 1.40 bits per heavy atom. The van der Waals surface area contributed by atoms with Crippen LogP contribution in [-0.4, -0.2) is 19.5 Å². The summed E-state index contributed by atoms with van der Waals surface area (Å²) in [6.45, 7) is 8.07. The van der Waals surface area contributed by atoms with Crippen LogP contribution in [0.3, 0.4) is 0 Å². The Hall–Kier alpha value is -1.94. The van der Waals surface area contributed by atoms with Crippen LogP contribution < -0.4 is 0 Å². The Morgan fingerprint density at radius 1 is 0.867 bits per heavy atom. The van der Waals surface area contributed by atoms with E-state index in [1.54, 1.807) is 38.1 Å². The average Bonchev–Trinajstić information content (AvgIpc) is 2.68. The number of ketones is 1. The molecule has 1 fully saturated rings. The second-order valence-corrected chi connectivity index (χ2v) is 12.1. The van der Waals surface area contributed by atoms with Crippen molar-refractivity contribution in [1.82, 2.24) is 0 Å². The fraction of sp³-hybridized carbons (Fsp3) is 0.500. The van der Waals surface area contributed by atoms with Crippen LogP contribution in [0.15, 0.2) is 48.5 Å². The largest absolute Gasteiger partial charge is 0.294 e. The van der Waals surface area contributed by atoms with Crippen LogP contribution in [0.5, 0.6) is 0 Å².